The van der Waals surface area contributed by atoms with Crippen LogP contribution in [0.5, 0.6) is 0 Å². The maximum atomic E-state index is 11.4. The molecular formula is C14H19BrClNO2. The van der Waals surface area contributed by atoms with Gasteiger partial charge in [0.1, 0.15) is 0 Å². The summed E-state index contributed by atoms with van der Waals surface area (Å²) in [5, 5.41) is 13.2. The Bertz CT molecular complexity index is 447. The van der Waals surface area contributed by atoms with E-state index in [9.17, 15) is 9.90 Å². The fourth-order valence-corrected chi connectivity index (χ4v) is 2.52. The van der Waals surface area contributed by atoms with Gasteiger partial charge in [0, 0.05) is 17.6 Å². The lowest BCUT2D eigenvalue weighted by Crippen LogP contribution is -2.40. The summed E-state index contributed by atoms with van der Waals surface area (Å²) >= 11 is 9.30. The maximum absolute atomic E-state index is 11.4. The van der Waals surface area contributed by atoms with Gasteiger partial charge in [-0.25, -0.2) is 0 Å². The summed E-state index contributed by atoms with van der Waals surface area (Å²) < 4.78 is 0.851. The summed E-state index contributed by atoms with van der Waals surface area (Å²) in [7, 11) is 0. The fourth-order valence-electron chi connectivity index (χ4n) is 1.97. The van der Waals surface area contributed by atoms with E-state index in [1.165, 1.54) is 0 Å². The Morgan fingerprint density at radius 3 is 2.53 bits per heavy atom. The minimum atomic E-state index is -0.734. The topological polar surface area (TPSA) is 49.3 Å². The second kappa shape index (κ2) is 7.27. The number of halogens is 2. The molecule has 0 aromatic heterocycles. The Morgan fingerprint density at radius 2 is 2.05 bits per heavy atom. The third kappa shape index (κ3) is 4.20. The van der Waals surface area contributed by atoms with Crippen LogP contribution in [0, 0.1) is 5.41 Å². The van der Waals surface area contributed by atoms with Crippen molar-refractivity contribution >= 4 is 33.5 Å². The molecule has 0 spiro atoms. The van der Waals surface area contributed by atoms with E-state index in [2.05, 4.69) is 21.2 Å². The first-order valence-electron chi connectivity index (χ1n) is 6.33. The van der Waals surface area contributed by atoms with E-state index in [-0.39, 0.29) is 0 Å². The van der Waals surface area contributed by atoms with Crippen molar-refractivity contribution in [2.45, 2.75) is 33.2 Å². The molecule has 0 aliphatic heterocycles. The Morgan fingerprint density at radius 1 is 1.42 bits per heavy atom. The standard InChI is InChI=1S/C14H19BrClNO2/c1-3-14(4-2,13(18)19)9-17-8-10-5-6-12(16)11(15)7-10/h5-7,17H,3-4,8-9H2,1-2H3,(H,18,19). The summed E-state index contributed by atoms with van der Waals surface area (Å²) in [4.78, 5) is 11.4. The lowest BCUT2D eigenvalue weighted by Gasteiger charge is -2.27. The molecule has 0 saturated heterocycles. The smallest absolute Gasteiger partial charge is 0.310 e. The number of benzene rings is 1. The number of hydrogen-bond donors (Lipinski definition) is 2. The van der Waals surface area contributed by atoms with Crippen LogP contribution in [0.1, 0.15) is 32.3 Å². The molecule has 1 aromatic carbocycles. The third-order valence-corrected chi connectivity index (χ3v) is 4.80. The normalized spacial score (nSPS) is 11.6. The quantitative estimate of drug-likeness (QED) is 0.780. The van der Waals surface area contributed by atoms with Crippen LogP contribution in [0.4, 0.5) is 0 Å². The molecule has 0 atom stereocenters. The van der Waals surface area contributed by atoms with Gasteiger partial charge < -0.3 is 10.4 Å². The molecule has 0 amide bonds. The average molecular weight is 349 g/mol. The van der Waals surface area contributed by atoms with Crippen molar-refractivity contribution in [3.8, 4) is 0 Å². The molecule has 1 aromatic rings. The molecule has 0 aliphatic carbocycles. The predicted molar refractivity (Wildman–Crippen MR) is 81.5 cm³/mol. The predicted octanol–water partition coefficient (Wildman–Crippen LogP) is 4.08. The molecule has 0 radical (unpaired) electrons. The van der Waals surface area contributed by atoms with E-state index >= 15 is 0 Å². The molecule has 0 aliphatic rings. The first-order valence-corrected chi connectivity index (χ1v) is 7.50. The number of carboxylic acids is 1. The third-order valence-electron chi connectivity index (χ3n) is 3.58. The van der Waals surface area contributed by atoms with Gasteiger partial charge in [0.05, 0.1) is 10.4 Å². The van der Waals surface area contributed by atoms with Gasteiger partial charge in [-0.15, -0.1) is 0 Å². The van der Waals surface area contributed by atoms with E-state index < -0.39 is 11.4 Å². The Labute approximate surface area is 127 Å². The largest absolute Gasteiger partial charge is 0.481 e. The van der Waals surface area contributed by atoms with Crippen molar-refractivity contribution in [1.82, 2.24) is 5.32 Å². The number of rotatable bonds is 7. The number of hydrogen-bond acceptors (Lipinski definition) is 2. The van der Waals surface area contributed by atoms with Gasteiger partial charge in [0.15, 0.2) is 0 Å². The number of nitrogens with one attached hydrogen (secondary N) is 1. The van der Waals surface area contributed by atoms with Crippen LogP contribution in [0.2, 0.25) is 5.02 Å². The molecule has 3 nitrogen and oxygen atoms in total. The highest BCUT2D eigenvalue weighted by Gasteiger charge is 2.34. The zero-order valence-corrected chi connectivity index (χ0v) is 13.5. The summed E-state index contributed by atoms with van der Waals surface area (Å²) in [5.74, 6) is -0.734. The van der Waals surface area contributed by atoms with E-state index in [4.69, 9.17) is 11.6 Å². The van der Waals surface area contributed by atoms with Crippen LogP contribution in [0.25, 0.3) is 0 Å². The summed E-state index contributed by atoms with van der Waals surface area (Å²) in [6, 6.07) is 5.70. The van der Waals surface area contributed by atoms with Crippen LogP contribution in [0.3, 0.4) is 0 Å². The fraction of sp³-hybridized carbons (Fsp3) is 0.500. The lowest BCUT2D eigenvalue weighted by atomic mass is 9.82. The number of carboxylic acid groups (broad SMARTS) is 1. The van der Waals surface area contributed by atoms with Crippen molar-refractivity contribution < 1.29 is 9.90 Å². The minimum absolute atomic E-state index is 0.468. The molecule has 0 unspecified atom stereocenters. The Hall–Kier alpha value is -0.580. The van der Waals surface area contributed by atoms with Crippen molar-refractivity contribution in [3.05, 3.63) is 33.3 Å². The molecule has 0 heterocycles. The molecule has 0 saturated carbocycles. The molecule has 2 N–H and O–H groups in total. The highest BCUT2D eigenvalue weighted by Crippen LogP contribution is 2.26. The molecule has 19 heavy (non-hydrogen) atoms. The van der Waals surface area contributed by atoms with Crippen molar-refractivity contribution in [1.29, 1.82) is 0 Å². The van der Waals surface area contributed by atoms with Crippen molar-refractivity contribution in [2.24, 2.45) is 5.41 Å². The Kier molecular flexibility index (Phi) is 6.30. The van der Waals surface area contributed by atoms with Gasteiger partial charge >= 0.3 is 5.97 Å². The number of aliphatic carboxylic acids is 1. The Balaban J connectivity index is 2.61. The van der Waals surface area contributed by atoms with E-state index in [1.54, 1.807) is 0 Å². The van der Waals surface area contributed by atoms with E-state index in [1.807, 2.05) is 32.0 Å². The highest BCUT2D eigenvalue weighted by molar-refractivity contribution is 9.10. The van der Waals surface area contributed by atoms with Crippen LogP contribution >= 0.6 is 27.5 Å². The highest BCUT2D eigenvalue weighted by atomic mass is 79.9. The molecule has 0 fully saturated rings. The van der Waals surface area contributed by atoms with Gasteiger partial charge in [-0.2, -0.15) is 0 Å². The van der Waals surface area contributed by atoms with Crippen LogP contribution < -0.4 is 5.32 Å². The summed E-state index contributed by atoms with van der Waals surface area (Å²) in [6.07, 6.45) is 1.24. The van der Waals surface area contributed by atoms with Crippen LogP contribution in [-0.4, -0.2) is 17.6 Å². The molecule has 5 heteroatoms. The van der Waals surface area contributed by atoms with Crippen molar-refractivity contribution in [2.75, 3.05) is 6.54 Å². The molecule has 106 valence electrons. The van der Waals surface area contributed by atoms with Crippen LogP contribution in [-0.2, 0) is 11.3 Å². The maximum Gasteiger partial charge on any atom is 0.310 e. The van der Waals surface area contributed by atoms with Gasteiger partial charge in [0.2, 0.25) is 0 Å². The van der Waals surface area contributed by atoms with E-state index in [0.717, 1.165) is 10.0 Å². The first-order chi connectivity index (χ1) is 8.95. The average Bonchev–Trinajstić information content (AvgIpc) is 2.39. The van der Waals surface area contributed by atoms with E-state index in [0.29, 0.717) is 31.0 Å². The van der Waals surface area contributed by atoms with Gasteiger partial charge in [-0.3, -0.25) is 4.79 Å². The molecule has 0 bridgehead atoms. The second-order valence-electron chi connectivity index (χ2n) is 4.64. The van der Waals surface area contributed by atoms with Gasteiger partial charge in [-0.1, -0.05) is 31.5 Å². The minimum Gasteiger partial charge on any atom is -0.481 e. The molecule has 1 rings (SSSR count). The second-order valence-corrected chi connectivity index (χ2v) is 5.91. The molecular weight excluding hydrogens is 330 g/mol. The zero-order chi connectivity index (χ0) is 14.5. The van der Waals surface area contributed by atoms with Crippen molar-refractivity contribution in [3.63, 3.8) is 0 Å². The number of carbonyl (C=O) groups is 1. The van der Waals surface area contributed by atoms with Crippen LogP contribution in [0.15, 0.2) is 22.7 Å². The SMILES string of the molecule is CCC(CC)(CNCc1ccc(Cl)c(Br)c1)C(=O)O. The van der Waals surface area contributed by atoms with Gasteiger partial charge in [-0.05, 0) is 46.5 Å². The zero-order valence-electron chi connectivity index (χ0n) is 11.2. The first kappa shape index (κ1) is 16.5. The summed E-state index contributed by atoms with van der Waals surface area (Å²) in [5.41, 5.74) is 0.395. The van der Waals surface area contributed by atoms with Gasteiger partial charge in [0.25, 0.3) is 0 Å². The lowest BCUT2D eigenvalue weighted by molar-refractivity contribution is -0.149. The summed E-state index contributed by atoms with van der Waals surface area (Å²) in [6.45, 7) is 4.93. The monoisotopic (exact) mass is 347 g/mol.